The summed E-state index contributed by atoms with van der Waals surface area (Å²) in [7, 11) is 0. The molecule has 1 heterocycles. The monoisotopic (exact) mass is 228 g/mol. The summed E-state index contributed by atoms with van der Waals surface area (Å²) in [6, 6.07) is 8.40. The third-order valence-electron chi connectivity index (χ3n) is 1.92. The first-order valence-electron chi connectivity index (χ1n) is 4.19. The van der Waals surface area contributed by atoms with E-state index in [1.807, 2.05) is 0 Å². The van der Waals surface area contributed by atoms with Gasteiger partial charge in [0.2, 0.25) is 0 Å². The minimum Gasteiger partial charge on any atom is -0.543 e. The van der Waals surface area contributed by atoms with Crippen molar-refractivity contribution in [1.82, 2.24) is 10.2 Å². The van der Waals surface area contributed by atoms with E-state index in [2.05, 4.69) is 10.2 Å². The second-order valence-corrected chi connectivity index (χ2v) is 3.40. The summed E-state index contributed by atoms with van der Waals surface area (Å²) in [5.41, 5.74) is 1.23. The number of aromatic carboxylic acids is 1. The van der Waals surface area contributed by atoms with Crippen LogP contribution in [0.25, 0.3) is 11.3 Å². The number of aromatic nitrogens is 2. The SMILES string of the molecule is O=C([O-])c1cc(-c2cccc(Cl)c2)n[nH]1.[Li+]. The van der Waals surface area contributed by atoms with Crippen molar-refractivity contribution in [2.24, 2.45) is 0 Å². The summed E-state index contributed by atoms with van der Waals surface area (Å²) in [4.78, 5) is 10.5. The van der Waals surface area contributed by atoms with Crippen LogP contribution in [0.15, 0.2) is 30.3 Å². The van der Waals surface area contributed by atoms with Crippen LogP contribution < -0.4 is 24.0 Å². The zero-order valence-electron chi connectivity index (χ0n) is 8.53. The fraction of sp³-hybridized carbons (Fsp3) is 0. The van der Waals surface area contributed by atoms with Gasteiger partial charge in [0.25, 0.3) is 0 Å². The zero-order valence-corrected chi connectivity index (χ0v) is 9.28. The fourth-order valence-electron chi connectivity index (χ4n) is 1.22. The summed E-state index contributed by atoms with van der Waals surface area (Å²) < 4.78 is 0. The molecule has 0 bridgehead atoms. The molecule has 1 aromatic carbocycles. The number of carbonyl (C=O) groups excluding carboxylic acids is 1. The van der Waals surface area contributed by atoms with Crippen LogP contribution in [-0.4, -0.2) is 16.2 Å². The Labute approximate surface area is 109 Å². The van der Waals surface area contributed by atoms with E-state index in [1.165, 1.54) is 6.07 Å². The van der Waals surface area contributed by atoms with E-state index in [4.69, 9.17) is 11.6 Å². The average Bonchev–Trinajstić information content (AvgIpc) is 2.66. The van der Waals surface area contributed by atoms with Gasteiger partial charge < -0.3 is 9.90 Å². The number of H-pyrrole nitrogens is 1. The Hall–Kier alpha value is -1.21. The smallest absolute Gasteiger partial charge is 0.543 e. The Morgan fingerprint density at radius 2 is 2.12 bits per heavy atom. The van der Waals surface area contributed by atoms with E-state index in [-0.39, 0.29) is 24.6 Å². The molecule has 0 spiro atoms. The number of carboxylic acids is 1. The van der Waals surface area contributed by atoms with Crippen LogP contribution >= 0.6 is 11.6 Å². The van der Waals surface area contributed by atoms with Crippen molar-refractivity contribution in [3.63, 3.8) is 0 Å². The number of halogens is 1. The first kappa shape index (κ1) is 12.9. The Morgan fingerprint density at radius 1 is 1.38 bits per heavy atom. The normalized spacial score (nSPS) is 9.56. The van der Waals surface area contributed by atoms with E-state index in [1.54, 1.807) is 24.3 Å². The number of carbonyl (C=O) groups is 1. The van der Waals surface area contributed by atoms with Crippen molar-refractivity contribution in [3.05, 3.63) is 41.0 Å². The van der Waals surface area contributed by atoms with Crippen molar-refractivity contribution in [1.29, 1.82) is 0 Å². The first-order valence-corrected chi connectivity index (χ1v) is 4.57. The molecule has 1 aromatic heterocycles. The van der Waals surface area contributed by atoms with Gasteiger partial charge in [-0.05, 0) is 18.2 Å². The summed E-state index contributed by atoms with van der Waals surface area (Å²) in [5.74, 6) is -1.28. The van der Waals surface area contributed by atoms with E-state index in [9.17, 15) is 9.90 Å². The molecule has 1 N–H and O–H groups in total. The molecule has 0 radical (unpaired) electrons. The van der Waals surface area contributed by atoms with Crippen LogP contribution in [0.4, 0.5) is 0 Å². The number of hydrogen-bond acceptors (Lipinski definition) is 3. The molecule has 6 heteroatoms. The number of benzene rings is 1. The molecule has 0 atom stereocenters. The van der Waals surface area contributed by atoms with Crippen LogP contribution in [0.5, 0.6) is 0 Å². The van der Waals surface area contributed by atoms with Gasteiger partial charge in [0.05, 0.1) is 17.4 Å². The van der Waals surface area contributed by atoms with E-state index < -0.39 is 5.97 Å². The molecule has 0 aliphatic heterocycles. The largest absolute Gasteiger partial charge is 1.00 e. The van der Waals surface area contributed by atoms with Gasteiger partial charge in [-0.2, -0.15) is 5.10 Å². The van der Waals surface area contributed by atoms with Crippen molar-refractivity contribution >= 4 is 17.6 Å². The number of aromatic amines is 1. The van der Waals surface area contributed by atoms with E-state index in [0.717, 1.165) is 5.56 Å². The van der Waals surface area contributed by atoms with Gasteiger partial charge >= 0.3 is 18.9 Å². The summed E-state index contributed by atoms with van der Waals surface area (Å²) in [5, 5.41) is 17.3. The van der Waals surface area contributed by atoms with E-state index >= 15 is 0 Å². The van der Waals surface area contributed by atoms with Gasteiger partial charge in [0.1, 0.15) is 0 Å². The van der Waals surface area contributed by atoms with Crippen molar-refractivity contribution in [2.75, 3.05) is 0 Å². The molecule has 0 aliphatic carbocycles. The number of rotatable bonds is 2. The number of hydrogen-bond donors (Lipinski definition) is 1. The Kier molecular flexibility index (Phi) is 4.19. The molecule has 16 heavy (non-hydrogen) atoms. The van der Waals surface area contributed by atoms with Crippen LogP contribution in [0.3, 0.4) is 0 Å². The predicted octanol–water partition coefficient (Wildman–Crippen LogP) is -1.90. The molecule has 0 unspecified atom stereocenters. The maximum absolute atomic E-state index is 10.5. The molecule has 0 fully saturated rings. The number of nitrogens with one attached hydrogen (secondary N) is 1. The van der Waals surface area contributed by atoms with Crippen LogP contribution in [0, 0.1) is 0 Å². The Morgan fingerprint density at radius 3 is 2.69 bits per heavy atom. The van der Waals surface area contributed by atoms with Crippen molar-refractivity contribution in [2.45, 2.75) is 0 Å². The standard InChI is InChI=1S/C10H7ClN2O2.Li/c11-7-3-1-2-6(4-7)8-5-9(10(14)15)13-12-8;/h1-5H,(H,12,13)(H,14,15);/q;+1/p-1. The minimum absolute atomic E-state index is 0. The molecule has 0 saturated carbocycles. The van der Waals surface area contributed by atoms with Crippen LogP contribution in [0.1, 0.15) is 10.5 Å². The topological polar surface area (TPSA) is 68.8 Å². The average molecular weight is 229 g/mol. The fourth-order valence-corrected chi connectivity index (χ4v) is 1.41. The predicted molar refractivity (Wildman–Crippen MR) is 53.4 cm³/mol. The quantitative estimate of drug-likeness (QED) is 0.611. The molecule has 0 amide bonds. The molecular weight excluding hydrogens is 223 g/mol. The number of carboxylic acid groups (broad SMARTS) is 1. The molecule has 2 aromatic rings. The second kappa shape index (κ2) is 5.22. The molecule has 76 valence electrons. The summed E-state index contributed by atoms with van der Waals surface area (Å²) in [6.45, 7) is 0. The third-order valence-corrected chi connectivity index (χ3v) is 2.15. The van der Waals surface area contributed by atoms with Gasteiger partial charge in [0.15, 0.2) is 0 Å². The third kappa shape index (κ3) is 2.67. The van der Waals surface area contributed by atoms with Gasteiger partial charge in [-0.25, -0.2) is 0 Å². The molecular formula is C10H6ClLiN2O2. The molecule has 0 saturated heterocycles. The first-order chi connectivity index (χ1) is 7.16. The molecule has 4 nitrogen and oxygen atoms in total. The maximum atomic E-state index is 10.5. The maximum Gasteiger partial charge on any atom is 1.00 e. The summed E-state index contributed by atoms with van der Waals surface area (Å²) in [6.07, 6.45) is 0. The Balaban J connectivity index is 0.00000128. The molecule has 2 rings (SSSR count). The van der Waals surface area contributed by atoms with Gasteiger partial charge in [-0.3, -0.25) is 5.10 Å². The van der Waals surface area contributed by atoms with Crippen molar-refractivity contribution in [3.8, 4) is 11.3 Å². The van der Waals surface area contributed by atoms with Crippen LogP contribution in [-0.2, 0) is 0 Å². The summed E-state index contributed by atoms with van der Waals surface area (Å²) >= 11 is 5.80. The van der Waals surface area contributed by atoms with Crippen molar-refractivity contribution < 1.29 is 28.8 Å². The van der Waals surface area contributed by atoms with Gasteiger partial charge in [-0.15, -0.1) is 0 Å². The molecule has 0 aliphatic rings. The number of nitrogens with zero attached hydrogens (tertiary/aromatic N) is 1. The Bertz CT molecular complexity index is 513. The zero-order chi connectivity index (χ0) is 10.8. The van der Waals surface area contributed by atoms with Crippen LogP contribution in [0.2, 0.25) is 5.02 Å². The van der Waals surface area contributed by atoms with Gasteiger partial charge in [0, 0.05) is 10.6 Å². The minimum atomic E-state index is -1.28. The van der Waals surface area contributed by atoms with Gasteiger partial charge in [-0.1, -0.05) is 23.7 Å². The second-order valence-electron chi connectivity index (χ2n) is 2.96. The van der Waals surface area contributed by atoms with E-state index in [0.29, 0.717) is 10.7 Å².